The van der Waals surface area contributed by atoms with Gasteiger partial charge in [-0.3, -0.25) is 4.79 Å². The van der Waals surface area contributed by atoms with Gasteiger partial charge in [0.05, 0.1) is 18.0 Å². The van der Waals surface area contributed by atoms with Crippen LogP contribution in [0.2, 0.25) is 0 Å². The number of rotatable bonds is 5. The van der Waals surface area contributed by atoms with Gasteiger partial charge in [-0.1, -0.05) is 0 Å². The normalized spacial score (nSPS) is 28.5. The van der Waals surface area contributed by atoms with E-state index in [0.29, 0.717) is 26.6 Å². The second-order valence-corrected chi connectivity index (χ2v) is 7.59. The number of carbonyl (C=O) groups is 1. The first-order chi connectivity index (χ1) is 12.5. The van der Waals surface area contributed by atoms with Gasteiger partial charge in [-0.2, -0.15) is 5.10 Å². The molecule has 140 valence electrons. The van der Waals surface area contributed by atoms with E-state index in [9.17, 15) is 15.0 Å². The van der Waals surface area contributed by atoms with Gasteiger partial charge in [-0.05, 0) is 42.4 Å². The minimum absolute atomic E-state index is 0.0897. The zero-order valence-electron chi connectivity index (χ0n) is 14.0. The number of nitrogens with zero attached hydrogens (tertiary/aromatic N) is 4. The molecule has 4 atom stereocenters. The molecule has 1 amide bonds. The summed E-state index contributed by atoms with van der Waals surface area (Å²) in [4.78, 5) is 20.4. The van der Waals surface area contributed by atoms with Crippen LogP contribution in [0.3, 0.4) is 0 Å². The summed E-state index contributed by atoms with van der Waals surface area (Å²) in [5.74, 6) is 0.394. The number of aromatic nitrogens is 4. The Balaban J connectivity index is 1.60. The highest BCUT2D eigenvalue weighted by Gasteiger charge is 2.43. The van der Waals surface area contributed by atoms with E-state index in [4.69, 9.17) is 4.74 Å². The third kappa shape index (κ3) is 3.23. The van der Waals surface area contributed by atoms with Gasteiger partial charge in [-0.15, -0.1) is 0 Å². The highest BCUT2D eigenvalue weighted by atomic mass is 127. The van der Waals surface area contributed by atoms with Crippen LogP contribution in [0, 0.1) is 3.70 Å². The number of hydrogen-bond donors (Lipinski definition) is 4. The molecule has 2 aliphatic rings. The molecule has 2 aromatic rings. The number of nitrogens with one attached hydrogen (secondary N) is 2. The Labute approximate surface area is 162 Å². The zero-order chi connectivity index (χ0) is 18.4. The predicted octanol–water partition coefficient (Wildman–Crippen LogP) is -0.240. The topological polar surface area (TPSA) is 134 Å². The number of ether oxygens (including phenoxy) is 1. The SMILES string of the molecule is C[C@H]1O[C@@H](n2nc(I)c3c(NCC(=O)NC4CC4)ncnc32)[C@H](O)[C@@H]1O. The fourth-order valence-electron chi connectivity index (χ4n) is 2.94. The summed E-state index contributed by atoms with van der Waals surface area (Å²) in [6, 6.07) is 0.298. The van der Waals surface area contributed by atoms with Crippen LogP contribution in [0.15, 0.2) is 6.33 Å². The molecule has 0 bridgehead atoms. The Hall–Kier alpha value is -1.57. The molecule has 4 rings (SSSR count). The lowest BCUT2D eigenvalue weighted by Crippen LogP contribution is -2.31. The standard InChI is InChI=1S/C15H19IN6O4/c1-6-10(24)11(25)15(26-6)22-14-9(12(16)21-22)13(18-5-19-14)17-4-8(23)20-7-2-3-7/h5-7,10-11,15,24-25H,2-4H2,1H3,(H,20,23)(H,17,18,19)/t6-,10-,11-,15-/m1/s1. The second kappa shape index (κ2) is 6.87. The molecule has 4 N–H and O–H groups in total. The fourth-order valence-corrected chi connectivity index (χ4v) is 3.67. The van der Waals surface area contributed by atoms with E-state index in [1.807, 2.05) is 22.6 Å². The lowest BCUT2D eigenvalue weighted by molar-refractivity contribution is -0.119. The Morgan fingerprint density at radius 1 is 1.38 bits per heavy atom. The van der Waals surface area contributed by atoms with Gasteiger partial charge in [0.2, 0.25) is 5.91 Å². The maximum Gasteiger partial charge on any atom is 0.239 e. The van der Waals surface area contributed by atoms with Crippen molar-refractivity contribution >= 4 is 45.3 Å². The quantitative estimate of drug-likeness (QED) is 0.437. The molecule has 0 spiro atoms. The van der Waals surface area contributed by atoms with Gasteiger partial charge >= 0.3 is 0 Å². The Morgan fingerprint density at radius 2 is 2.15 bits per heavy atom. The van der Waals surface area contributed by atoms with E-state index >= 15 is 0 Å². The van der Waals surface area contributed by atoms with Crippen LogP contribution in [0.4, 0.5) is 5.82 Å². The molecule has 2 fully saturated rings. The van der Waals surface area contributed by atoms with Crippen LogP contribution >= 0.6 is 22.6 Å². The minimum Gasteiger partial charge on any atom is -0.388 e. The summed E-state index contributed by atoms with van der Waals surface area (Å²) in [6.07, 6.45) is -0.0464. The van der Waals surface area contributed by atoms with E-state index in [2.05, 4.69) is 25.7 Å². The first-order valence-corrected chi connectivity index (χ1v) is 9.47. The van der Waals surface area contributed by atoms with Crippen molar-refractivity contribution in [2.75, 3.05) is 11.9 Å². The van der Waals surface area contributed by atoms with Crippen molar-refractivity contribution in [3.05, 3.63) is 10.0 Å². The molecule has 2 aromatic heterocycles. The van der Waals surface area contributed by atoms with Gasteiger partial charge in [-0.25, -0.2) is 14.6 Å². The van der Waals surface area contributed by atoms with Crippen molar-refractivity contribution in [3.8, 4) is 0 Å². The summed E-state index contributed by atoms with van der Waals surface area (Å²) in [7, 11) is 0. The van der Waals surface area contributed by atoms with E-state index < -0.39 is 24.5 Å². The third-order valence-electron chi connectivity index (χ3n) is 4.52. The maximum absolute atomic E-state index is 11.9. The van der Waals surface area contributed by atoms with Crippen molar-refractivity contribution in [3.63, 3.8) is 0 Å². The number of carbonyl (C=O) groups excluding carboxylic acids is 1. The second-order valence-electron chi connectivity index (χ2n) is 6.56. The van der Waals surface area contributed by atoms with Crippen LogP contribution in [0.1, 0.15) is 26.0 Å². The van der Waals surface area contributed by atoms with Crippen molar-refractivity contribution in [2.45, 2.75) is 50.3 Å². The summed E-state index contributed by atoms with van der Waals surface area (Å²) >= 11 is 2.04. The molecular formula is C15H19IN6O4. The largest absolute Gasteiger partial charge is 0.388 e. The summed E-state index contributed by atoms with van der Waals surface area (Å²) < 4.78 is 7.69. The third-order valence-corrected chi connectivity index (χ3v) is 5.28. The van der Waals surface area contributed by atoms with Crippen LogP contribution in [-0.4, -0.2) is 66.8 Å². The van der Waals surface area contributed by atoms with Crippen molar-refractivity contribution in [1.29, 1.82) is 0 Å². The predicted molar refractivity (Wildman–Crippen MR) is 99.3 cm³/mol. The Kier molecular flexibility index (Phi) is 4.71. The number of hydrogen-bond acceptors (Lipinski definition) is 8. The first-order valence-electron chi connectivity index (χ1n) is 8.39. The van der Waals surface area contributed by atoms with Crippen LogP contribution in [0.25, 0.3) is 11.0 Å². The molecule has 1 aliphatic heterocycles. The van der Waals surface area contributed by atoms with E-state index in [0.717, 1.165) is 12.8 Å². The summed E-state index contributed by atoms with van der Waals surface area (Å²) in [5.41, 5.74) is 0.458. The molecule has 11 heteroatoms. The minimum atomic E-state index is -1.11. The maximum atomic E-state index is 11.9. The van der Waals surface area contributed by atoms with Crippen LogP contribution in [0.5, 0.6) is 0 Å². The number of fused-ring (bicyclic) bond motifs is 1. The summed E-state index contributed by atoms with van der Waals surface area (Å²) in [6.45, 7) is 1.78. The smallest absolute Gasteiger partial charge is 0.239 e. The van der Waals surface area contributed by atoms with Crippen molar-refractivity contribution in [1.82, 2.24) is 25.1 Å². The molecule has 1 aliphatic carbocycles. The van der Waals surface area contributed by atoms with Crippen molar-refractivity contribution in [2.24, 2.45) is 0 Å². The molecule has 26 heavy (non-hydrogen) atoms. The van der Waals surface area contributed by atoms with E-state index in [-0.39, 0.29) is 12.5 Å². The molecule has 10 nitrogen and oxygen atoms in total. The average Bonchev–Trinajstić information content (AvgIpc) is 3.32. The molecule has 3 heterocycles. The molecule has 1 saturated heterocycles. The number of anilines is 1. The van der Waals surface area contributed by atoms with Gasteiger partial charge in [0, 0.05) is 6.04 Å². The molecule has 0 radical (unpaired) electrons. The van der Waals surface area contributed by atoms with Crippen molar-refractivity contribution < 1.29 is 19.7 Å². The van der Waals surface area contributed by atoms with E-state index in [1.54, 1.807) is 6.92 Å². The fraction of sp³-hybridized carbons (Fsp3) is 0.600. The van der Waals surface area contributed by atoms with Gasteiger partial charge in [0.1, 0.15) is 28.1 Å². The Bertz CT molecular complexity index is 841. The summed E-state index contributed by atoms with van der Waals surface area (Å²) in [5, 5.41) is 31.1. The number of amides is 1. The highest BCUT2D eigenvalue weighted by molar-refractivity contribution is 14.1. The number of aliphatic hydroxyl groups is 2. The van der Waals surface area contributed by atoms with E-state index in [1.165, 1.54) is 11.0 Å². The zero-order valence-corrected chi connectivity index (χ0v) is 16.1. The highest BCUT2D eigenvalue weighted by Crippen LogP contribution is 2.33. The van der Waals surface area contributed by atoms with Gasteiger partial charge in [0.25, 0.3) is 0 Å². The monoisotopic (exact) mass is 474 g/mol. The average molecular weight is 474 g/mol. The molecule has 1 saturated carbocycles. The molecule has 0 aromatic carbocycles. The Morgan fingerprint density at radius 3 is 2.81 bits per heavy atom. The number of aliphatic hydroxyl groups excluding tert-OH is 2. The number of halogens is 1. The van der Waals surface area contributed by atoms with Crippen LogP contribution < -0.4 is 10.6 Å². The van der Waals surface area contributed by atoms with Gasteiger partial charge < -0.3 is 25.6 Å². The first kappa shape index (κ1) is 17.8. The lowest BCUT2D eigenvalue weighted by atomic mass is 10.1. The van der Waals surface area contributed by atoms with Crippen LogP contribution in [-0.2, 0) is 9.53 Å². The van der Waals surface area contributed by atoms with Gasteiger partial charge in [0.15, 0.2) is 11.9 Å². The lowest BCUT2D eigenvalue weighted by Gasteiger charge is -2.15. The molecule has 0 unspecified atom stereocenters. The molecular weight excluding hydrogens is 455 g/mol.